The maximum Gasteiger partial charge on any atom is 0.106 e. The van der Waals surface area contributed by atoms with Gasteiger partial charge in [0.2, 0.25) is 0 Å². The Kier molecular flexibility index (Phi) is 11.7. The summed E-state index contributed by atoms with van der Waals surface area (Å²) in [7, 11) is 2.17. The second-order valence-electron chi connectivity index (χ2n) is 7.28. The Bertz CT molecular complexity index is 1100. The third-order valence-electron chi connectivity index (χ3n) is 5.26. The molecule has 0 fully saturated rings. The maximum atomic E-state index is 9.08. The van der Waals surface area contributed by atoms with Gasteiger partial charge in [-0.25, -0.2) is 0 Å². The first-order valence-electron chi connectivity index (χ1n) is 10.9. The van der Waals surface area contributed by atoms with Gasteiger partial charge >= 0.3 is 0 Å². The molecular formula is C29H35N3O. The minimum absolute atomic E-state index is 0. The summed E-state index contributed by atoms with van der Waals surface area (Å²) in [5, 5.41) is 12.7. The molecule has 0 atom stereocenters. The number of hydrogen-bond acceptors (Lipinski definition) is 4. The molecule has 4 nitrogen and oxygen atoms in total. The molecule has 172 valence electrons. The quantitative estimate of drug-likeness (QED) is 0.465. The van der Waals surface area contributed by atoms with Gasteiger partial charge in [-0.15, -0.1) is 12.8 Å². The van der Waals surface area contributed by atoms with Gasteiger partial charge in [0.15, 0.2) is 0 Å². The van der Waals surface area contributed by atoms with E-state index in [1.54, 1.807) is 0 Å². The highest BCUT2D eigenvalue weighted by molar-refractivity contribution is 5.74. The lowest BCUT2D eigenvalue weighted by atomic mass is 9.97. The summed E-state index contributed by atoms with van der Waals surface area (Å²) in [6.45, 7) is 10.2. The lowest BCUT2D eigenvalue weighted by Crippen LogP contribution is -2.26. The van der Waals surface area contributed by atoms with Gasteiger partial charge in [-0.1, -0.05) is 44.2 Å². The van der Waals surface area contributed by atoms with Gasteiger partial charge in [-0.2, -0.15) is 5.26 Å². The van der Waals surface area contributed by atoms with Crippen molar-refractivity contribution in [3.05, 3.63) is 82.9 Å². The lowest BCUT2D eigenvalue weighted by molar-refractivity contribution is -0.0979. The van der Waals surface area contributed by atoms with Gasteiger partial charge < -0.3 is 15.0 Å². The molecule has 1 N–H and O–H groups in total. The number of nitrogens with one attached hydrogen (secondary N) is 1. The summed E-state index contributed by atoms with van der Waals surface area (Å²) in [5.41, 5.74) is 9.26. The van der Waals surface area contributed by atoms with Crippen LogP contribution in [0.1, 0.15) is 37.5 Å². The number of aryl methyl sites for hydroxylation is 1. The van der Waals surface area contributed by atoms with Crippen LogP contribution in [-0.4, -0.2) is 25.3 Å². The number of hydrogen-bond donors (Lipinski definition) is 1. The molecule has 0 aliphatic carbocycles. The van der Waals surface area contributed by atoms with E-state index in [0.29, 0.717) is 5.56 Å². The molecule has 0 bridgehead atoms. The topological polar surface area (TPSA) is 56.1 Å². The summed E-state index contributed by atoms with van der Waals surface area (Å²) in [6, 6.07) is 23.1. The zero-order valence-electron chi connectivity index (χ0n) is 20.1. The first-order chi connectivity index (χ1) is 16.1. The molecule has 1 aliphatic heterocycles. The van der Waals surface area contributed by atoms with Crippen LogP contribution in [0.2, 0.25) is 0 Å². The SMILES string of the molecule is C#C.C=O.CC.Cc1cc(C#N)ccc1-c1cccc(Nc2cccc3c2CCN(C)C3)c1.[HH]. The summed E-state index contributed by atoms with van der Waals surface area (Å²) in [6.07, 6.45) is 9.07. The number of rotatable bonds is 3. The highest BCUT2D eigenvalue weighted by Crippen LogP contribution is 2.31. The first-order valence-corrected chi connectivity index (χ1v) is 10.9. The van der Waals surface area contributed by atoms with Crippen LogP contribution in [-0.2, 0) is 17.8 Å². The van der Waals surface area contributed by atoms with E-state index in [4.69, 9.17) is 10.1 Å². The van der Waals surface area contributed by atoms with Crippen molar-refractivity contribution in [2.24, 2.45) is 0 Å². The summed E-state index contributed by atoms with van der Waals surface area (Å²) in [4.78, 5) is 10.4. The largest absolute Gasteiger partial charge is 0.355 e. The number of carbonyl (C=O) groups is 1. The van der Waals surface area contributed by atoms with E-state index in [1.807, 2.05) is 38.8 Å². The van der Waals surface area contributed by atoms with E-state index in [9.17, 15) is 0 Å². The van der Waals surface area contributed by atoms with Crippen molar-refractivity contribution >= 4 is 18.2 Å². The van der Waals surface area contributed by atoms with Gasteiger partial charge in [-0.3, -0.25) is 0 Å². The average molecular weight is 442 g/mol. The van der Waals surface area contributed by atoms with E-state index < -0.39 is 0 Å². The van der Waals surface area contributed by atoms with Crippen LogP contribution in [0.5, 0.6) is 0 Å². The Morgan fingerprint density at radius 1 is 1.06 bits per heavy atom. The highest BCUT2D eigenvalue weighted by atomic mass is 16.1. The fourth-order valence-corrected chi connectivity index (χ4v) is 3.84. The van der Waals surface area contributed by atoms with Crippen LogP contribution < -0.4 is 5.32 Å². The molecule has 0 aromatic heterocycles. The van der Waals surface area contributed by atoms with Crippen LogP contribution >= 0.6 is 0 Å². The van der Waals surface area contributed by atoms with E-state index in [1.165, 1.54) is 16.8 Å². The van der Waals surface area contributed by atoms with Crippen LogP contribution in [0, 0.1) is 31.1 Å². The molecule has 0 unspecified atom stereocenters. The van der Waals surface area contributed by atoms with Crippen molar-refractivity contribution in [1.82, 2.24) is 4.90 Å². The number of anilines is 2. The van der Waals surface area contributed by atoms with Crippen LogP contribution in [0.3, 0.4) is 0 Å². The monoisotopic (exact) mass is 441 g/mol. The van der Waals surface area contributed by atoms with Crippen molar-refractivity contribution in [3.63, 3.8) is 0 Å². The number of likely N-dealkylation sites (N-methyl/N-ethyl adjacent to an activating group) is 1. The van der Waals surface area contributed by atoms with Crippen LogP contribution in [0.25, 0.3) is 11.1 Å². The van der Waals surface area contributed by atoms with Crippen molar-refractivity contribution in [3.8, 4) is 30.0 Å². The molecule has 3 aromatic rings. The summed E-state index contributed by atoms with van der Waals surface area (Å²) in [5.74, 6) is 0. The fraction of sp³-hybridized carbons (Fsp3) is 0.241. The van der Waals surface area contributed by atoms with Crippen molar-refractivity contribution < 1.29 is 6.22 Å². The smallest absolute Gasteiger partial charge is 0.106 e. The third kappa shape index (κ3) is 7.07. The Balaban J connectivity index is 0.00000145. The molecule has 4 heteroatoms. The molecule has 1 aliphatic rings. The van der Waals surface area contributed by atoms with Crippen molar-refractivity contribution in [2.45, 2.75) is 33.7 Å². The van der Waals surface area contributed by atoms with Gasteiger partial charge in [0.1, 0.15) is 6.79 Å². The fourth-order valence-electron chi connectivity index (χ4n) is 3.84. The van der Waals surface area contributed by atoms with Gasteiger partial charge in [0.25, 0.3) is 0 Å². The molecule has 0 radical (unpaired) electrons. The van der Waals surface area contributed by atoms with E-state index >= 15 is 0 Å². The molecule has 0 amide bonds. The Labute approximate surface area is 200 Å². The number of carbonyl (C=O) groups excluding carboxylic acids is 1. The highest BCUT2D eigenvalue weighted by Gasteiger charge is 2.16. The maximum absolute atomic E-state index is 9.08. The Hall–Kier alpha value is -3.86. The number of nitriles is 1. The second kappa shape index (κ2) is 14.2. The second-order valence-corrected chi connectivity index (χ2v) is 7.28. The van der Waals surface area contributed by atoms with Crippen LogP contribution in [0.15, 0.2) is 60.7 Å². The third-order valence-corrected chi connectivity index (χ3v) is 5.26. The molecule has 0 saturated heterocycles. The van der Waals surface area contributed by atoms with Crippen LogP contribution in [0.4, 0.5) is 11.4 Å². The molecule has 1 heterocycles. The zero-order chi connectivity index (χ0) is 24.8. The van der Waals surface area contributed by atoms with E-state index in [0.717, 1.165) is 41.9 Å². The molecule has 33 heavy (non-hydrogen) atoms. The zero-order valence-corrected chi connectivity index (χ0v) is 20.1. The number of fused-ring (bicyclic) bond motifs is 1. The molecule has 0 saturated carbocycles. The minimum Gasteiger partial charge on any atom is -0.355 e. The normalized spacial score (nSPS) is 11.5. The Morgan fingerprint density at radius 2 is 1.76 bits per heavy atom. The molecule has 3 aromatic carbocycles. The Morgan fingerprint density at radius 3 is 2.42 bits per heavy atom. The summed E-state index contributed by atoms with van der Waals surface area (Å²) < 4.78 is 0. The van der Waals surface area contributed by atoms with E-state index in [-0.39, 0.29) is 1.43 Å². The van der Waals surface area contributed by atoms with Gasteiger partial charge in [0.05, 0.1) is 11.6 Å². The minimum atomic E-state index is 0. The van der Waals surface area contributed by atoms with Crippen molar-refractivity contribution in [1.29, 1.82) is 5.26 Å². The number of nitrogens with zero attached hydrogens (tertiary/aromatic N) is 2. The molecule has 0 spiro atoms. The van der Waals surface area contributed by atoms with Crippen molar-refractivity contribution in [2.75, 3.05) is 18.9 Å². The first kappa shape index (κ1) is 27.2. The summed E-state index contributed by atoms with van der Waals surface area (Å²) >= 11 is 0. The predicted molar refractivity (Wildman–Crippen MR) is 142 cm³/mol. The standard InChI is InChI=1S/C24H23N3.C2H6.C2H2.CH2O.H2/c1-17-13-18(15-25)9-10-22(17)19-5-3-7-21(14-19)26-24-8-4-6-20-16-27(2)12-11-23(20)24;3*1-2;/h3-10,13-14,26H,11-12,16H2,1-2H3;1-2H3;1-2H;1H2;1H. The molecular weight excluding hydrogens is 406 g/mol. The van der Waals surface area contributed by atoms with E-state index in [2.05, 4.69) is 85.6 Å². The predicted octanol–water partition coefficient (Wildman–Crippen LogP) is 6.60. The number of benzene rings is 3. The van der Waals surface area contributed by atoms with Gasteiger partial charge in [-0.05, 0) is 78.5 Å². The lowest BCUT2D eigenvalue weighted by Gasteiger charge is -2.27. The number of terminal acetylenes is 1. The molecule has 4 rings (SSSR count). The van der Waals surface area contributed by atoms with Gasteiger partial charge in [0, 0.05) is 25.9 Å². The average Bonchev–Trinajstić information content (AvgIpc) is 2.87.